The van der Waals surface area contributed by atoms with Crippen LogP contribution in [-0.4, -0.2) is 4.57 Å². The Balaban J connectivity index is 1.72. The van der Waals surface area contributed by atoms with Gasteiger partial charge in [-0.3, -0.25) is 0 Å². The zero-order valence-corrected chi connectivity index (χ0v) is 17.5. The van der Waals surface area contributed by atoms with Crippen molar-refractivity contribution < 1.29 is 4.57 Å². The summed E-state index contributed by atoms with van der Waals surface area (Å²) in [5.41, 5.74) is 8.47. The highest BCUT2D eigenvalue weighted by Gasteiger charge is 2.11. The lowest BCUT2D eigenvalue weighted by Crippen LogP contribution is -2.32. The second-order valence-electron chi connectivity index (χ2n) is 7.35. The van der Waals surface area contributed by atoms with Crippen molar-refractivity contribution in [1.82, 2.24) is 4.57 Å². The fourth-order valence-corrected chi connectivity index (χ4v) is 3.95. The molecule has 0 radical (unpaired) electrons. The van der Waals surface area contributed by atoms with E-state index in [1.807, 2.05) is 12.1 Å². The van der Waals surface area contributed by atoms with E-state index in [1.54, 1.807) is 0 Å². The molecule has 0 amide bonds. The molecule has 0 aliphatic carbocycles. The van der Waals surface area contributed by atoms with E-state index in [0.717, 1.165) is 10.7 Å². The van der Waals surface area contributed by atoms with Gasteiger partial charge in [0.15, 0.2) is 0 Å². The minimum atomic E-state index is 0.755. The van der Waals surface area contributed by atoms with Crippen LogP contribution in [0.25, 0.3) is 28.7 Å². The van der Waals surface area contributed by atoms with Crippen LogP contribution < -0.4 is 4.57 Å². The molecule has 2 heterocycles. The Labute approximate surface area is 171 Å². The average Bonchev–Trinajstić information content (AvgIpc) is 2.95. The van der Waals surface area contributed by atoms with Gasteiger partial charge >= 0.3 is 0 Å². The first kappa shape index (κ1) is 18.5. The summed E-state index contributed by atoms with van der Waals surface area (Å²) >= 11 is 6.04. The summed E-state index contributed by atoms with van der Waals surface area (Å²) in [6.45, 7) is 6.42. The first-order valence-corrected chi connectivity index (χ1v) is 9.84. The quantitative estimate of drug-likeness (QED) is 0.370. The summed E-state index contributed by atoms with van der Waals surface area (Å²) in [6, 6.07) is 21.2. The number of rotatable bonds is 3. The molecule has 2 aromatic carbocycles. The Morgan fingerprint density at radius 2 is 1.61 bits per heavy atom. The first-order chi connectivity index (χ1) is 13.4. The lowest BCUT2D eigenvalue weighted by Gasteiger charge is -2.09. The number of aromatic nitrogens is 2. The highest BCUT2D eigenvalue weighted by atomic mass is 35.5. The Kier molecular flexibility index (Phi) is 4.82. The molecule has 0 spiro atoms. The standard InChI is InChI=1S/C25H24ClN2/c1-17-5-14-25-21(15-17)7-11-23(27(25)4)10-6-20-16-18(2)28(19(20)3)24-12-8-22(26)9-13-24/h5-16H,1-4H3/q+1. The van der Waals surface area contributed by atoms with Gasteiger partial charge in [-0.15, -0.1) is 0 Å². The monoisotopic (exact) mass is 387 g/mol. The molecule has 0 N–H and O–H groups in total. The van der Waals surface area contributed by atoms with Gasteiger partial charge < -0.3 is 4.57 Å². The molecule has 0 atom stereocenters. The smallest absolute Gasteiger partial charge is 0.212 e. The molecule has 2 nitrogen and oxygen atoms in total. The van der Waals surface area contributed by atoms with Crippen LogP contribution in [0.4, 0.5) is 0 Å². The molecular weight excluding hydrogens is 364 g/mol. The van der Waals surface area contributed by atoms with Crippen molar-refractivity contribution in [3.05, 3.63) is 93.9 Å². The van der Waals surface area contributed by atoms with Gasteiger partial charge in [0.2, 0.25) is 11.2 Å². The van der Waals surface area contributed by atoms with Crippen LogP contribution in [0.3, 0.4) is 0 Å². The fraction of sp³-hybridized carbons (Fsp3) is 0.160. The lowest BCUT2D eigenvalue weighted by atomic mass is 10.1. The molecule has 4 aromatic rings. The number of fused-ring (bicyclic) bond motifs is 1. The van der Waals surface area contributed by atoms with Crippen LogP contribution >= 0.6 is 11.6 Å². The molecule has 28 heavy (non-hydrogen) atoms. The van der Waals surface area contributed by atoms with Gasteiger partial charge in [-0.05, 0) is 74.9 Å². The molecule has 0 aliphatic heterocycles. The van der Waals surface area contributed by atoms with Gasteiger partial charge in [0.1, 0.15) is 7.05 Å². The van der Waals surface area contributed by atoms with E-state index in [0.29, 0.717) is 0 Å². The van der Waals surface area contributed by atoms with E-state index >= 15 is 0 Å². The lowest BCUT2D eigenvalue weighted by molar-refractivity contribution is -0.646. The van der Waals surface area contributed by atoms with E-state index in [9.17, 15) is 0 Å². The Hall–Kier alpha value is -2.84. The zero-order valence-electron chi connectivity index (χ0n) is 16.7. The van der Waals surface area contributed by atoms with Crippen molar-refractivity contribution in [3.8, 4) is 5.69 Å². The van der Waals surface area contributed by atoms with Gasteiger partial charge in [-0.25, -0.2) is 0 Å². The number of pyridine rings is 1. The van der Waals surface area contributed by atoms with Gasteiger partial charge in [0, 0.05) is 45.7 Å². The summed E-state index contributed by atoms with van der Waals surface area (Å²) in [7, 11) is 2.12. The Morgan fingerprint density at radius 3 is 2.36 bits per heavy atom. The minimum Gasteiger partial charge on any atom is -0.318 e. The molecule has 140 valence electrons. The van der Waals surface area contributed by atoms with E-state index in [2.05, 4.69) is 97.6 Å². The maximum atomic E-state index is 6.04. The maximum Gasteiger partial charge on any atom is 0.212 e. The van der Waals surface area contributed by atoms with Crippen molar-refractivity contribution in [2.24, 2.45) is 7.05 Å². The van der Waals surface area contributed by atoms with Crippen molar-refractivity contribution in [2.75, 3.05) is 0 Å². The highest BCUT2D eigenvalue weighted by molar-refractivity contribution is 6.30. The largest absolute Gasteiger partial charge is 0.318 e. The summed E-state index contributed by atoms with van der Waals surface area (Å²) in [6.07, 6.45) is 4.39. The Bertz CT molecular complexity index is 1200. The third-order valence-corrected chi connectivity index (χ3v) is 5.61. The third-order valence-electron chi connectivity index (χ3n) is 5.35. The van der Waals surface area contributed by atoms with Crippen molar-refractivity contribution in [2.45, 2.75) is 20.8 Å². The van der Waals surface area contributed by atoms with Crippen LogP contribution in [0.1, 0.15) is 28.2 Å². The maximum absolute atomic E-state index is 6.04. The minimum absolute atomic E-state index is 0.755. The summed E-state index contributed by atoms with van der Waals surface area (Å²) in [5, 5.41) is 2.02. The van der Waals surface area contributed by atoms with Crippen molar-refractivity contribution in [3.63, 3.8) is 0 Å². The SMILES string of the molecule is Cc1ccc2c(ccc(/C=C/c3cc(C)n(-c4ccc(Cl)cc4)c3C)[n+]2C)c1. The summed E-state index contributed by atoms with van der Waals surface area (Å²) in [5.74, 6) is 0. The van der Waals surface area contributed by atoms with Crippen molar-refractivity contribution in [1.29, 1.82) is 0 Å². The van der Waals surface area contributed by atoms with E-state index in [1.165, 1.54) is 39.1 Å². The second-order valence-corrected chi connectivity index (χ2v) is 7.79. The van der Waals surface area contributed by atoms with Crippen LogP contribution in [0.2, 0.25) is 5.02 Å². The number of nitrogens with zero attached hydrogens (tertiary/aromatic N) is 2. The molecule has 3 heteroatoms. The predicted molar refractivity (Wildman–Crippen MR) is 119 cm³/mol. The van der Waals surface area contributed by atoms with Gasteiger partial charge in [-0.1, -0.05) is 23.2 Å². The average molecular weight is 388 g/mol. The molecule has 0 fully saturated rings. The van der Waals surface area contributed by atoms with E-state index in [-0.39, 0.29) is 0 Å². The third kappa shape index (κ3) is 3.36. The van der Waals surface area contributed by atoms with E-state index in [4.69, 9.17) is 11.6 Å². The van der Waals surface area contributed by atoms with Crippen LogP contribution in [0.5, 0.6) is 0 Å². The highest BCUT2D eigenvalue weighted by Crippen LogP contribution is 2.24. The summed E-state index contributed by atoms with van der Waals surface area (Å²) in [4.78, 5) is 0. The van der Waals surface area contributed by atoms with Crippen LogP contribution in [0, 0.1) is 20.8 Å². The molecular formula is C25H24ClN2+. The fourth-order valence-electron chi connectivity index (χ4n) is 3.83. The number of aryl methyl sites for hydroxylation is 3. The van der Waals surface area contributed by atoms with Gasteiger partial charge in [0.05, 0.1) is 0 Å². The molecule has 0 bridgehead atoms. The van der Waals surface area contributed by atoms with Gasteiger partial charge in [0.25, 0.3) is 0 Å². The predicted octanol–water partition coefficient (Wildman–Crippen LogP) is 6.20. The number of hydrogen-bond acceptors (Lipinski definition) is 0. The Morgan fingerprint density at radius 1 is 0.857 bits per heavy atom. The molecule has 0 aliphatic rings. The number of benzene rings is 2. The van der Waals surface area contributed by atoms with E-state index < -0.39 is 0 Å². The van der Waals surface area contributed by atoms with Crippen LogP contribution in [-0.2, 0) is 7.05 Å². The molecule has 2 aromatic heterocycles. The topological polar surface area (TPSA) is 8.81 Å². The van der Waals surface area contributed by atoms with Crippen LogP contribution in [0.15, 0.2) is 60.7 Å². The molecule has 4 rings (SSSR count). The first-order valence-electron chi connectivity index (χ1n) is 9.46. The normalized spacial score (nSPS) is 11.6. The van der Waals surface area contributed by atoms with Crippen molar-refractivity contribution >= 4 is 34.7 Å². The zero-order chi connectivity index (χ0) is 19.8. The number of hydrogen-bond donors (Lipinski definition) is 0. The summed E-state index contributed by atoms with van der Waals surface area (Å²) < 4.78 is 4.50. The molecule has 0 saturated heterocycles. The van der Waals surface area contributed by atoms with Gasteiger partial charge in [-0.2, -0.15) is 4.57 Å². The second kappa shape index (κ2) is 7.29. The molecule has 0 unspecified atom stereocenters. The molecule has 0 saturated carbocycles. The number of halogens is 1.